The topological polar surface area (TPSA) is 85.3 Å². The van der Waals surface area contributed by atoms with E-state index in [-0.39, 0.29) is 18.4 Å². The van der Waals surface area contributed by atoms with Gasteiger partial charge in [-0.3, -0.25) is 14.5 Å². The molecule has 0 radical (unpaired) electrons. The highest BCUT2D eigenvalue weighted by molar-refractivity contribution is 7.96. The van der Waals surface area contributed by atoms with E-state index in [1.807, 2.05) is 91.0 Å². The number of likely N-dealkylation sites (tertiary alicyclic amines) is 1. The summed E-state index contributed by atoms with van der Waals surface area (Å²) in [4.78, 5) is 28.4. The van der Waals surface area contributed by atoms with Crippen LogP contribution >= 0.6 is 12.0 Å². The van der Waals surface area contributed by atoms with Gasteiger partial charge in [-0.2, -0.15) is 0 Å². The summed E-state index contributed by atoms with van der Waals surface area (Å²) in [5.74, 6) is -1.24. The zero-order valence-corrected chi connectivity index (χ0v) is 24.3. The Morgan fingerprint density at radius 3 is 1.81 bits per heavy atom. The molecule has 0 unspecified atom stereocenters. The van der Waals surface area contributed by atoms with Crippen molar-refractivity contribution in [3.8, 4) is 5.75 Å². The molecule has 0 spiro atoms. The molecule has 3 heterocycles. The number of aliphatic hydroxyl groups is 1. The SMILES string of the molecule is COc1ccc(C(SO[C@@H]2[C@H](O)[C@@H]3O[C@H]2[C@H]2C(=O)N(Cc4ccccc4)C(=O)[C@@H]32)(c2ccccc2)c2ccccc2)cc1. The van der Waals surface area contributed by atoms with Crippen LogP contribution in [0.5, 0.6) is 5.75 Å². The van der Waals surface area contributed by atoms with Crippen molar-refractivity contribution < 1.29 is 28.4 Å². The Balaban J connectivity index is 1.22. The monoisotopic (exact) mass is 593 g/mol. The molecular formula is C35H31NO6S. The van der Waals surface area contributed by atoms with Crippen LogP contribution in [0.25, 0.3) is 0 Å². The van der Waals surface area contributed by atoms with E-state index in [0.717, 1.165) is 28.0 Å². The lowest BCUT2D eigenvalue weighted by atomic mass is 9.78. The predicted molar refractivity (Wildman–Crippen MR) is 162 cm³/mol. The summed E-state index contributed by atoms with van der Waals surface area (Å²) < 4.78 is 17.4. The first kappa shape index (κ1) is 27.9. The Bertz CT molecular complexity index is 1560. The van der Waals surface area contributed by atoms with Gasteiger partial charge in [-0.05, 0) is 34.4 Å². The molecule has 0 saturated carbocycles. The summed E-state index contributed by atoms with van der Waals surface area (Å²) in [6.07, 6.45) is -3.42. The van der Waals surface area contributed by atoms with Gasteiger partial charge >= 0.3 is 0 Å². The number of hydrogen-bond donors (Lipinski definition) is 1. The molecule has 43 heavy (non-hydrogen) atoms. The number of carbonyl (C=O) groups excluding carboxylic acids is 2. The first-order valence-electron chi connectivity index (χ1n) is 14.4. The van der Waals surface area contributed by atoms with Crippen LogP contribution in [0.15, 0.2) is 115 Å². The van der Waals surface area contributed by atoms with Crippen molar-refractivity contribution in [2.45, 2.75) is 35.7 Å². The maximum Gasteiger partial charge on any atom is 0.236 e. The number of ether oxygens (including phenoxy) is 2. The van der Waals surface area contributed by atoms with E-state index in [1.54, 1.807) is 7.11 Å². The molecule has 0 aromatic heterocycles. The number of amides is 2. The van der Waals surface area contributed by atoms with Crippen molar-refractivity contribution in [3.63, 3.8) is 0 Å². The number of hydrogen-bond acceptors (Lipinski definition) is 7. The summed E-state index contributed by atoms with van der Waals surface area (Å²) in [7, 11) is 1.63. The standard InChI is InChI=1S/C35H31NO6S/c1-40-26-19-17-25(18-20-26)35(23-13-7-3-8-14-23,24-15-9-4-10-16-24)43-42-32-29(37)30-27-28(31(32)41-30)34(39)36(33(27)38)21-22-11-5-2-6-12-22/h2-20,27-32,37H,21H2,1H3/t27-,28+,29-,30-,31+,32-/m1/s1. The van der Waals surface area contributed by atoms with Crippen LogP contribution in [0.4, 0.5) is 0 Å². The molecule has 3 aliphatic rings. The second-order valence-corrected chi connectivity index (χ2v) is 12.1. The third kappa shape index (κ3) is 4.57. The molecule has 4 aromatic carbocycles. The van der Waals surface area contributed by atoms with Crippen LogP contribution in [0.3, 0.4) is 0 Å². The van der Waals surface area contributed by atoms with Crippen molar-refractivity contribution in [2.75, 3.05) is 7.11 Å². The van der Waals surface area contributed by atoms with E-state index in [0.29, 0.717) is 0 Å². The molecule has 218 valence electrons. The third-order valence-corrected chi connectivity index (χ3v) is 10.1. The Hall–Kier alpha value is -3.95. The van der Waals surface area contributed by atoms with E-state index in [4.69, 9.17) is 13.7 Å². The predicted octanol–water partition coefficient (Wildman–Crippen LogP) is 4.96. The Kier molecular flexibility index (Phi) is 7.31. The van der Waals surface area contributed by atoms with Gasteiger partial charge in [0.05, 0.1) is 31.6 Å². The summed E-state index contributed by atoms with van der Waals surface area (Å²) >= 11 is 1.23. The van der Waals surface area contributed by atoms with Gasteiger partial charge in [-0.15, -0.1) is 0 Å². The molecule has 6 atom stereocenters. The number of fused-ring (bicyclic) bond motifs is 5. The van der Waals surface area contributed by atoms with Gasteiger partial charge in [-0.1, -0.05) is 103 Å². The van der Waals surface area contributed by atoms with Crippen LogP contribution in [0.2, 0.25) is 0 Å². The molecule has 2 amide bonds. The number of rotatable bonds is 9. The zero-order valence-electron chi connectivity index (χ0n) is 23.5. The highest BCUT2D eigenvalue weighted by Gasteiger charge is 2.69. The van der Waals surface area contributed by atoms with Crippen molar-refractivity contribution in [1.29, 1.82) is 0 Å². The molecule has 7 nitrogen and oxygen atoms in total. The maximum absolute atomic E-state index is 13.6. The molecule has 4 aromatic rings. The fourth-order valence-electron chi connectivity index (χ4n) is 6.75. The van der Waals surface area contributed by atoms with Crippen molar-refractivity contribution in [3.05, 3.63) is 138 Å². The average molecular weight is 594 g/mol. The van der Waals surface area contributed by atoms with Crippen LogP contribution in [-0.2, 0) is 29.8 Å². The van der Waals surface area contributed by atoms with Crippen molar-refractivity contribution in [2.24, 2.45) is 11.8 Å². The largest absolute Gasteiger partial charge is 0.497 e. The van der Waals surface area contributed by atoms with Crippen LogP contribution in [-0.4, -0.2) is 53.3 Å². The highest BCUT2D eigenvalue weighted by atomic mass is 32.2. The molecule has 2 bridgehead atoms. The number of benzene rings is 4. The first-order chi connectivity index (χ1) is 21.0. The van der Waals surface area contributed by atoms with E-state index in [1.165, 1.54) is 16.9 Å². The van der Waals surface area contributed by atoms with Gasteiger partial charge in [0.25, 0.3) is 0 Å². The third-order valence-electron chi connectivity index (χ3n) is 8.83. The highest BCUT2D eigenvalue weighted by Crippen LogP contribution is 2.54. The molecule has 0 aliphatic carbocycles. The summed E-state index contributed by atoms with van der Waals surface area (Å²) in [6, 6.07) is 37.4. The Labute approximate surface area is 254 Å². The maximum atomic E-state index is 13.6. The minimum atomic E-state index is -1.06. The summed E-state index contributed by atoms with van der Waals surface area (Å²) in [5, 5.41) is 11.4. The van der Waals surface area contributed by atoms with E-state index >= 15 is 0 Å². The average Bonchev–Trinajstić information content (AvgIpc) is 3.68. The van der Waals surface area contributed by atoms with E-state index in [2.05, 4.69) is 24.3 Å². The second-order valence-electron chi connectivity index (χ2n) is 11.1. The van der Waals surface area contributed by atoms with Crippen LogP contribution < -0.4 is 4.74 Å². The molecule has 3 fully saturated rings. The van der Waals surface area contributed by atoms with Gasteiger partial charge in [0.15, 0.2) is 0 Å². The number of imide groups is 1. The number of nitrogens with zero attached hydrogens (tertiary/aromatic N) is 1. The molecule has 7 rings (SSSR count). The van der Waals surface area contributed by atoms with Crippen LogP contribution in [0, 0.1) is 11.8 Å². The van der Waals surface area contributed by atoms with E-state index in [9.17, 15) is 14.7 Å². The minimum Gasteiger partial charge on any atom is -0.497 e. The summed E-state index contributed by atoms with van der Waals surface area (Å²) in [5.41, 5.74) is 3.78. The number of carbonyl (C=O) groups is 2. The van der Waals surface area contributed by atoms with Gasteiger partial charge in [0.2, 0.25) is 11.8 Å². The smallest absolute Gasteiger partial charge is 0.236 e. The second kappa shape index (κ2) is 11.3. The minimum absolute atomic E-state index is 0.198. The van der Waals surface area contributed by atoms with Crippen LogP contribution in [0.1, 0.15) is 22.3 Å². The molecule has 3 aliphatic heterocycles. The fraction of sp³-hybridized carbons (Fsp3) is 0.257. The molecule has 3 saturated heterocycles. The van der Waals surface area contributed by atoms with Gasteiger partial charge in [0.1, 0.15) is 28.8 Å². The van der Waals surface area contributed by atoms with E-state index < -0.39 is 41.0 Å². The zero-order chi connectivity index (χ0) is 29.6. The lowest BCUT2D eigenvalue weighted by Gasteiger charge is -2.37. The Morgan fingerprint density at radius 2 is 1.26 bits per heavy atom. The lowest BCUT2D eigenvalue weighted by Crippen LogP contribution is -2.48. The Morgan fingerprint density at radius 1 is 0.744 bits per heavy atom. The van der Waals surface area contributed by atoms with Gasteiger partial charge < -0.3 is 18.8 Å². The number of aliphatic hydroxyl groups excluding tert-OH is 1. The normalized spacial score (nSPS) is 26.1. The van der Waals surface area contributed by atoms with Crippen molar-refractivity contribution in [1.82, 2.24) is 4.90 Å². The number of methoxy groups -OCH3 is 1. The molecule has 1 N–H and O–H groups in total. The molecule has 8 heteroatoms. The summed E-state index contributed by atoms with van der Waals surface area (Å²) in [6.45, 7) is 0.198. The fourth-order valence-corrected chi connectivity index (χ4v) is 7.92. The lowest BCUT2D eigenvalue weighted by molar-refractivity contribution is -0.143. The first-order valence-corrected chi connectivity index (χ1v) is 15.1. The van der Waals surface area contributed by atoms with Gasteiger partial charge in [0, 0.05) is 12.0 Å². The van der Waals surface area contributed by atoms with Gasteiger partial charge in [-0.25, -0.2) is 0 Å². The molecular weight excluding hydrogens is 562 g/mol. The van der Waals surface area contributed by atoms with Crippen molar-refractivity contribution >= 4 is 23.9 Å². The quantitative estimate of drug-likeness (QED) is 0.167.